The molecular weight excluding hydrogens is 234 g/mol. The van der Waals surface area contributed by atoms with Gasteiger partial charge in [-0.1, -0.05) is 0 Å². The Labute approximate surface area is 105 Å². The van der Waals surface area contributed by atoms with Crippen LogP contribution in [0.4, 0.5) is 5.82 Å². The van der Waals surface area contributed by atoms with E-state index < -0.39 is 0 Å². The van der Waals surface area contributed by atoms with Crippen molar-refractivity contribution in [2.45, 2.75) is 13.5 Å². The number of anilines is 1. The molecule has 0 atom stereocenters. The summed E-state index contributed by atoms with van der Waals surface area (Å²) >= 11 is 1.69. The molecule has 0 saturated heterocycles. The maximum atomic E-state index is 5.08. The van der Waals surface area contributed by atoms with Gasteiger partial charge in [-0.2, -0.15) is 0 Å². The first-order chi connectivity index (χ1) is 8.24. The molecule has 0 aliphatic heterocycles. The Morgan fingerprint density at radius 3 is 2.82 bits per heavy atom. The molecule has 0 fully saturated rings. The highest BCUT2D eigenvalue weighted by Crippen LogP contribution is 2.28. The molecular formula is C12H15N3OS. The Bertz CT molecular complexity index is 510. The highest BCUT2D eigenvalue weighted by Gasteiger charge is 2.09. The minimum atomic E-state index is 0.424. The van der Waals surface area contributed by atoms with Gasteiger partial charge in [0.1, 0.15) is 12.4 Å². The van der Waals surface area contributed by atoms with Gasteiger partial charge in [-0.25, -0.2) is 9.97 Å². The molecule has 0 radical (unpaired) electrons. The lowest BCUT2D eigenvalue weighted by atomic mass is 10.2. The van der Waals surface area contributed by atoms with Gasteiger partial charge in [0.05, 0.1) is 10.6 Å². The minimum absolute atomic E-state index is 0.424. The minimum Gasteiger partial charge on any atom is -0.377 e. The number of ether oxygens (including phenoxy) is 1. The summed E-state index contributed by atoms with van der Waals surface area (Å²) in [7, 11) is 3.50. The number of thiophene rings is 1. The molecule has 0 aliphatic rings. The van der Waals surface area contributed by atoms with Crippen LogP contribution in [0.25, 0.3) is 10.6 Å². The summed E-state index contributed by atoms with van der Waals surface area (Å²) < 4.78 is 5.08. The first kappa shape index (κ1) is 12.0. The van der Waals surface area contributed by atoms with E-state index in [1.54, 1.807) is 18.4 Å². The maximum absolute atomic E-state index is 5.08. The molecule has 0 saturated carbocycles. The van der Waals surface area contributed by atoms with Gasteiger partial charge in [0.2, 0.25) is 0 Å². The van der Waals surface area contributed by atoms with Crippen molar-refractivity contribution in [1.29, 1.82) is 0 Å². The Hall–Kier alpha value is -1.46. The van der Waals surface area contributed by atoms with Gasteiger partial charge in [0.15, 0.2) is 5.82 Å². The lowest BCUT2D eigenvalue weighted by Gasteiger charge is -2.06. The van der Waals surface area contributed by atoms with E-state index in [9.17, 15) is 0 Å². The smallest absolute Gasteiger partial charge is 0.157 e. The average molecular weight is 249 g/mol. The molecule has 2 aromatic heterocycles. The van der Waals surface area contributed by atoms with E-state index in [4.69, 9.17) is 4.74 Å². The number of nitrogens with one attached hydrogen (secondary N) is 1. The Morgan fingerprint density at radius 2 is 2.24 bits per heavy atom. The fraction of sp³-hybridized carbons (Fsp3) is 0.333. The fourth-order valence-electron chi connectivity index (χ4n) is 1.57. The van der Waals surface area contributed by atoms with Crippen LogP contribution in [0.15, 0.2) is 17.5 Å². The van der Waals surface area contributed by atoms with Crippen molar-refractivity contribution in [1.82, 2.24) is 9.97 Å². The van der Waals surface area contributed by atoms with E-state index in [1.165, 1.54) is 10.4 Å². The zero-order valence-electron chi connectivity index (χ0n) is 10.2. The van der Waals surface area contributed by atoms with Gasteiger partial charge in [-0.3, -0.25) is 0 Å². The van der Waals surface area contributed by atoms with Gasteiger partial charge < -0.3 is 10.1 Å². The summed E-state index contributed by atoms with van der Waals surface area (Å²) in [6, 6.07) is 4.05. The number of hydrogen-bond acceptors (Lipinski definition) is 5. The van der Waals surface area contributed by atoms with Crippen LogP contribution >= 0.6 is 11.3 Å². The molecule has 2 heterocycles. The van der Waals surface area contributed by atoms with Gasteiger partial charge in [-0.05, 0) is 23.9 Å². The first-order valence-electron chi connectivity index (χ1n) is 5.33. The topological polar surface area (TPSA) is 47.0 Å². The van der Waals surface area contributed by atoms with Gasteiger partial charge in [0, 0.05) is 20.2 Å². The summed E-state index contributed by atoms with van der Waals surface area (Å²) in [5.74, 6) is 1.51. The standard InChI is InChI=1S/C12H15N3OS/c1-8-4-5-17-12(8)9-6-10(13-2)15-11(14-9)7-16-3/h4-6H,7H2,1-3H3,(H,13,14,15). The molecule has 2 aromatic rings. The van der Waals surface area contributed by atoms with Crippen LogP contribution in [0.3, 0.4) is 0 Å². The molecule has 0 aliphatic carbocycles. The van der Waals surface area contributed by atoms with E-state index in [-0.39, 0.29) is 0 Å². The number of hydrogen-bond donors (Lipinski definition) is 1. The number of rotatable bonds is 4. The van der Waals surface area contributed by atoms with E-state index in [2.05, 4.69) is 33.7 Å². The molecule has 4 nitrogen and oxygen atoms in total. The van der Waals surface area contributed by atoms with E-state index in [0.717, 1.165) is 11.5 Å². The summed E-state index contributed by atoms with van der Waals surface area (Å²) in [6.07, 6.45) is 0. The zero-order chi connectivity index (χ0) is 12.3. The fourth-order valence-corrected chi connectivity index (χ4v) is 2.46. The molecule has 0 aromatic carbocycles. The summed E-state index contributed by atoms with van der Waals surface area (Å²) in [5, 5.41) is 5.12. The van der Waals surface area contributed by atoms with Gasteiger partial charge >= 0.3 is 0 Å². The lowest BCUT2D eigenvalue weighted by Crippen LogP contribution is -2.02. The quantitative estimate of drug-likeness (QED) is 0.905. The number of nitrogens with zero attached hydrogens (tertiary/aromatic N) is 2. The van der Waals surface area contributed by atoms with Crippen LogP contribution in [0, 0.1) is 6.92 Å². The largest absolute Gasteiger partial charge is 0.377 e. The van der Waals surface area contributed by atoms with Crippen molar-refractivity contribution in [2.24, 2.45) is 0 Å². The molecule has 5 heteroatoms. The number of aromatic nitrogens is 2. The van der Waals surface area contributed by atoms with Crippen molar-refractivity contribution in [3.8, 4) is 10.6 Å². The van der Waals surface area contributed by atoms with Crippen molar-refractivity contribution < 1.29 is 4.74 Å². The van der Waals surface area contributed by atoms with Crippen LogP contribution < -0.4 is 5.32 Å². The van der Waals surface area contributed by atoms with Crippen molar-refractivity contribution in [2.75, 3.05) is 19.5 Å². The molecule has 90 valence electrons. The maximum Gasteiger partial charge on any atom is 0.157 e. The zero-order valence-corrected chi connectivity index (χ0v) is 11.0. The third kappa shape index (κ3) is 2.62. The van der Waals surface area contributed by atoms with Crippen molar-refractivity contribution in [3.05, 3.63) is 28.9 Å². The molecule has 0 bridgehead atoms. The third-order valence-electron chi connectivity index (χ3n) is 2.40. The molecule has 1 N–H and O–H groups in total. The average Bonchev–Trinajstić information content (AvgIpc) is 2.75. The number of methoxy groups -OCH3 is 1. The van der Waals surface area contributed by atoms with Crippen molar-refractivity contribution in [3.63, 3.8) is 0 Å². The summed E-state index contributed by atoms with van der Waals surface area (Å²) in [4.78, 5) is 10.0. The predicted molar refractivity (Wildman–Crippen MR) is 70.3 cm³/mol. The normalized spacial score (nSPS) is 10.5. The van der Waals surface area contributed by atoms with E-state index in [1.807, 2.05) is 13.1 Å². The molecule has 2 rings (SSSR count). The Balaban J connectivity index is 2.46. The van der Waals surface area contributed by atoms with E-state index >= 15 is 0 Å². The summed E-state index contributed by atoms with van der Waals surface area (Å²) in [5.41, 5.74) is 2.18. The van der Waals surface area contributed by atoms with Crippen LogP contribution in [0.5, 0.6) is 0 Å². The monoisotopic (exact) mass is 249 g/mol. The summed E-state index contributed by atoms with van der Waals surface area (Å²) in [6.45, 7) is 2.51. The second kappa shape index (κ2) is 5.25. The van der Waals surface area contributed by atoms with Crippen molar-refractivity contribution >= 4 is 17.2 Å². The molecule has 0 spiro atoms. The number of aryl methyl sites for hydroxylation is 1. The van der Waals surface area contributed by atoms with Crippen LogP contribution in [0.2, 0.25) is 0 Å². The predicted octanol–water partition coefficient (Wildman–Crippen LogP) is 2.70. The molecule has 0 amide bonds. The van der Waals surface area contributed by atoms with Crippen LogP contribution in [-0.2, 0) is 11.3 Å². The SMILES string of the molecule is CNc1cc(-c2sccc2C)nc(COC)n1. The lowest BCUT2D eigenvalue weighted by molar-refractivity contribution is 0.178. The van der Waals surface area contributed by atoms with Crippen LogP contribution in [0.1, 0.15) is 11.4 Å². The highest BCUT2D eigenvalue weighted by atomic mass is 32.1. The Morgan fingerprint density at radius 1 is 1.41 bits per heavy atom. The second-order valence-corrected chi connectivity index (χ2v) is 4.59. The van der Waals surface area contributed by atoms with Gasteiger partial charge in [-0.15, -0.1) is 11.3 Å². The molecule has 17 heavy (non-hydrogen) atoms. The Kier molecular flexibility index (Phi) is 3.71. The van der Waals surface area contributed by atoms with Gasteiger partial charge in [0.25, 0.3) is 0 Å². The van der Waals surface area contributed by atoms with E-state index in [0.29, 0.717) is 12.4 Å². The third-order valence-corrected chi connectivity index (χ3v) is 3.44. The second-order valence-electron chi connectivity index (χ2n) is 3.67. The molecule has 0 unspecified atom stereocenters. The van der Waals surface area contributed by atoms with Crippen LogP contribution in [-0.4, -0.2) is 24.1 Å². The highest BCUT2D eigenvalue weighted by molar-refractivity contribution is 7.13. The first-order valence-corrected chi connectivity index (χ1v) is 6.21.